The first-order chi connectivity index (χ1) is 10.4. The monoisotopic (exact) mass is 336 g/mol. The van der Waals surface area contributed by atoms with Crippen LogP contribution in [0.3, 0.4) is 0 Å². The van der Waals surface area contributed by atoms with Crippen molar-refractivity contribution >= 4 is 38.6 Å². The Labute approximate surface area is 133 Å². The summed E-state index contributed by atoms with van der Waals surface area (Å²) in [6.07, 6.45) is 0. The van der Waals surface area contributed by atoms with E-state index in [9.17, 15) is 13.2 Å². The second-order valence-corrected chi connectivity index (χ2v) is 8.41. The third kappa shape index (κ3) is 2.62. The van der Waals surface area contributed by atoms with Crippen LogP contribution in [0, 0.1) is 5.92 Å². The largest absolute Gasteiger partial charge is 0.325 e. The van der Waals surface area contributed by atoms with Gasteiger partial charge in [-0.05, 0) is 41.1 Å². The number of sulfonamides is 1. The van der Waals surface area contributed by atoms with Crippen molar-refractivity contribution < 1.29 is 13.2 Å². The molecule has 1 aromatic heterocycles. The van der Waals surface area contributed by atoms with Gasteiger partial charge in [0.05, 0.1) is 5.92 Å². The van der Waals surface area contributed by atoms with Crippen LogP contribution < -0.4 is 10.0 Å². The molecule has 1 aliphatic rings. The van der Waals surface area contributed by atoms with Gasteiger partial charge in [0.2, 0.25) is 5.91 Å². The number of anilines is 2. The number of benzene rings is 1. The molecule has 0 saturated carbocycles. The lowest BCUT2D eigenvalue weighted by molar-refractivity contribution is -0.117. The minimum Gasteiger partial charge on any atom is -0.325 e. The van der Waals surface area contributed by atoms with Crippen LogP contribution in [-0.2, 0) is 14.8 Å². The van der Waals surface area contributed by atoms with E-state index in [1.54, 1.807) is 35.7 Å². The van der Waals surface area contributed by atoms with Gasteiger partial charge in [-0.15, -0.1) is 11.3 Å². The second kappa shape index (κ2) is 5.40. The van der Waals surface area contributed by atoms with Crippen LogP contribution >= 0.6 is 11.3 Å². The summed E-state index contributed by atoms with van der Waals surface area (Å²) in [5.74, 6) is -0.144. The smallest absolute Gasteiger partial charge is 0.271 e. The van der Waals surface area contributed by atoms with Crippen molar-refractivity contribution in [2.75, 3.05) is 10.0 Å². The third-order valence-corrected chi connectivity index (χ3v) is 6.38. The van der Waals surface area contributed by atoms with E-state index in [0.29, 0.717) is 5.69 Å². The van der Waals surface area contributed by atoms with Gasteiger partial charge in [-0.2, -0.15) is 0 Å². The molecule has 1 atom stereocenters. The Bertz CT molecular complexity index is 811. The summed E-state index contributed by atoms with van der Waals surface area (Å²) in [6, 6.07) is 8.39. The van der Waals surface area contributed by atoms with Gasteiger partial charge in [0, 0.05) is 11.4 Å². The van der Waals surface area contributed by atoms with E-state index in [4.69, 9.17) is 0 Å². The third-order valence-electron chi connectivity index (χ3n) is 3.61. The molecular weight excluding hydrogens is 320 g/mol. The van der Waals surface area contributed by atoms with Gasteiger partial charge in [0.1, 0.15) is 4.21 Å². The number of thiophene rings is 1. The quantitative estimate of drug-likeness (QED) is 0.900. The number of amides is 1. The predicted octanol–water partition coefficient (Wildman–Crippen LogP) is 3.24. The maximum absolute atomic E-state index is 12.3. The van der Waals surface area contributed by atoms with E-state index in [-0.39, 0.29) is 22.0 Å². The number of rotatable bonds is 4. The van der Waals surface area contributed by atoms with Crippen LogP contribution in [0.4, 0.5) is 11.4 Å². The molecule has 0 fully saturated rings. The first-order valence-corrected chi connectivity index (χ1v) is 9.26. The lowest BCUT2D eigenvalue weighted by atomic mass is 9.89. The average Bonchev–Trinajstić information content (AvgIpc) is 3.04. The van der Waals surface area contributed by atoms with E-state index in [1.165, 1.54) is 0 Å². The molecular formula is C15H16N2O3S2. The zero-order valence-corrected chi connectivity index (χ0v) is 13.8. The molecule has 0 radical (unpaired) electrons. The number of hydrogen-bond donors (Lipinski definition) is 2. The van der Waals surface area contributed by atoms with Crippen LogP contribution in [0.2, 0.25) is 0 Å². The fourth-order valence-electron chi connectivity index (χ4n) is 2.63. The molecule has 7 heteroatoms. The van der Waals surface area contributed by atoms with Crippen molar-refractivity contribution in [2.45, 2.75) is 24.0 Å². The first kappa shape index (κ1) is 15.1. The highest BCUT2D eigenvalue weighted by Gasteiger charge is 2.33. The van der Waals surface area contributed by atoms with Crippen LogP contribution in [0.15, 0.2) is 39.9 Å². The lowest BCUT2D eigenvalue weighted by Crippen LogP contribution is -2.17. The molecule has 2 aromatic rings. The van der Waals surface area contributed by atoms with Crippen LogP contribution in [-0.4, -0.2) is 14.3 Å². The van der Waals surface area contributed by atoms with E-state index in [0.717, 1.165) is 22.6 Å². The summed E-state index contributed by atoms with van der Waals surface area (Å²) in [5, 5.41) is 4.55. The minimum atomic E-state index is -3.58. The standard InChI is InChI=1S/C15H16N2O3S2/c1-9(2)14-11-8-10(5-6-12(11)16-15(14)18)17-22(19,20)13-4-3-7-21-13/h3-9,14,17H,1-2H3,(H,16,18). The molecule has 0 spiro atoms. The minimum absolute atomic E-state index is 0.0386. The fraction of sp³-hybridized carbons (Fsp3) is 0.267. The summed E-state index contributed by atoms with van der Waals surface area (Å²) < 4.78 is 27.4. The van der Waals surface area contributed by atoms with Gasteiger partial charge in [-0.1, -0.05) is 19.9 Å². The first-order valence-electron chi connectivity index (χ1n) is 6.89. The van der Waals surface area contributed by atoms with Gasteiger partial charge >= 0.3 is 0 Å². The zero-order chi connectivity index (χ0) is 15.9. The summed E-state index contributed by atoms with van der Waals surface area (Å²) >= 11 is 1.16. The molecule has 116 valence electrons. The van der Waals surface area contributed by atoms with Gasteiger partial charge in [-0.25, -0.2) is 8.42 Å². The number of fused-ring (bicyclic) bond motifs is 1. The highest BCUT2D eigenvalue weighted by molar-refractivity contribution is 7.94. The molecule has 0 saturated heterocycles. The SMILES string of the molecule is CC(C)C1C(=O)Nc2ccc(NS(=O)(=O)c3cccs3)cc21. The molecule has 0 bridgehead atoms. The van der Waals surface area contributed by atoms with Crippen molar-refractivity contribution in [1.82, 2.24) is 0 Å². The van der Waals surface area contributed by atoms with Gasteiger partial charge in [-0.3, -0.25) is 9.52 Å². The van der Waals surface area contributed by atoms with E-state index >= 15 is 0 Å². The highest BCUT2D eigenvalue weighted by atomic mass is 32.2. The maximum Gasteiger partial charge on any atom is 0.271 e. The van der Waals surface area contributed by atoms with Gasteiger partial charge in [0.15, 0.2) is 0 Å². The Kier molecular flexibility index (Phi) is 3.70. The maximum atomic E-state index is 12.3. The summed E-state index contributed by atoms with van der Waals surface area (Å²) in [6.45, 7) is 3.95. The Morgan fingerprint density at radius 1 is 1.27 bits per heavy atom. The van der Waals surface area contributed by atoms with Crippen LogP contribution in [0.25, 0.3) is 0 Å². The molecule has 1 aliphatic heterocycles. The average molecular weight is 336 g/mol. The number of carbonyl (C=O) groups excluding carboxylic acids is 1. The Balaban J connectivity index is 1.94. The van der Waals surface area contributed by atoms with E-state index in [2.05, 4.69) is 10.0 Å². The Morgan fingerprint density at radius 3 is 2.68 bits per heavy atom. The molecule has 1 amide bonds. The van der Waals surface area contributed by atoms with Crippen LogP contribution in [0.1, 0.15) is 25.3 Å². The van der Waals surface area contributed by atoms with Crippen molar-refractivity contribution in [2.24, 2.45) is 5.92 Å². The number of carbonyl (C=O) groups is 1. The molecule has 22 heavy (non-hydrogen) atoms. The molecule has 0 aliphatic carbocycles. The van der Waals surface area contributed by atoms with Crippen LogP contribution in [0.5, 0.6) is 0 Å². The van der Waals surface area contributed by atoms with Crippen molar-refractivity contribution in [1.29, 1.82) is 0 Å². The molecule has 3 rings (SSSR count). The molecule has 1 unspecified atom stereocenters. The molecule has 2 heterocycles. The van der Waals surface area contributed by atoms with E-state index < -0.39 is 10.0 Å². The van der Waals surface area contributed by atoms with Crippen molar-refractivity contribution in [3.63, 3.8) is 0 Å². The van der Waals surface area contributed by atoms with Crippen molar-refractivity contribution in [3.8, 4) is 0 Å². The topological polar surface area (TPSA) is 75.3 Å². The molecule has 5 nitrogen and oxygen atoms in total. The van der Waals surface area contributed by atoms with Crippen molar-refractivity contribution in [3.05, 3.63) is 41.3 Å². The second-order valence-electron chi connectivity index (χ2n) is 5.55. The normalized spacial score (nSPS) is 17.4. The summed E-state index contributed by atoms with van der Waals surface area (Å²) in [5.41, 5.74) is 2.06. The Morgan fingerprint density at radius 2 is 2.05 bits per heavy atom. The Hall–Kier alpha value is -1.86. The summed E-state index contributed by atoms with van der Waals surface area (Å²) in [4.78, 5) is 12.0. The van der Waals surface area contributed by atoms with Gasteiger partial charge < -0.3 is 5.32 Å². The number of nitrogens with one attached hydrogen (secondary N) is 2. The predicted molar refractivity (Wildman–Crippen MR) is 87.8 cm³/mol. The van der Waals surface area contributed by atoms with E-state index in [1.807, 2.05) is 13.8 Å². The molecule has 2 N–H and O–H groups in total. The highest BCUT2D eigenvalue weighted by Crippen LogP contribution is 2.39. The van der Waals surface area contributed by atoms with Gasteiger partial charge in [0.25, 0.3) is 10.0 Å². The lowest BCUT2D eigenvalue weighted by Gasteiger charge is -2.14. The zero-order valence-electron chi connectivity index (χ0n) is 12.2. The fourth-order valence-corrected chi connectivity index (χ4v) is 4.68. The number of hydrogen-bond acceptors (Lipinski definition) is 4. The molecule has 1 aromatic carbocycles. The summed E-state index contributed by atoms with van der Waals surface area (Å²) in [7, 11) is -3.58.